The third-order valence-electron chi connectivity index (χ3n) is 1.65. The zero-order valence-corrected chi connectivity index (χ0v) is 9.37. The number of rotatable bonds is 2. The molecular weight excluding hydrogens is 254 g/mol. The Labute approximate surface area is 95.1 Å². The molecule has 6 nitrogen and oxygen atoms in total. The number of hydrogen-bond donors (Lipinski definition) is 0. The van der Waals surface area contributed by atoms with E-state index in [1.807, 2.05) is 0 Å². The lowest BCUT2D eigenvalue weighted by molar-refractivity contribution is -0.571. The van der Waals surface area contributed by atoms with Gasteiger partial charge in [0.15, 0.2) is 0 Å². The average molecular weight is 261 g/mol. The first-order valence-corrected chi connectivity index (χ1v) is 4.80. The van der Waals surface area contributed by atoms with Gasteiger partial charge in [0.05, 0.1) is 4.92 Å². The second-order valence-electron chi connectivity index (χ2n) is 2.49. The van der Waals surface area contributed by atoms with Gasteiger partial charge in [0.25, 0.3) is 3.92 Å². The van der Waals surface area contributed by atoms with E-state index in [2.05, 4.69) is 5.10 Å². The summed E-state index contributed by atoms with van der Waals surface area (Å²) in [4.78, 5) is 11.1. The summed E-state index contributed by atoms with van der Waals surface area (Å²) in [6, 6.07) is 0. The maximum Gasteiger partial charge on any atom is 0.387 e. The third kappa shape index (κ3) is 2.13. The molecule has 0 saturated heterocycles. The maximum absolute atomic E-state index is 10.7. The number of halogens is 3. The minimum atomic E-state index is -1.87. The summed E-state index contributed by atoms with van der Waals surface area (Å²) in [5.41, 5.74) is 0. The van der Waals surface area contributed by atoms with Crippen LogP contribution < -0.4 is 0 Å². The fourth-order valence-corrected chi connectivity index (χ4v) is 1.43. The number of hydrazone groups is 1. The molecule has 0 aromatic heterocycles. The largest absolute Gasteiger partial charge is 0.387 e. The Hall–Kier alpha value is -0.460. The van der Waals surface area contributed by atoms with Crippen molar-refractivity contribution in [2.24, 2.45) is 5.10 Å². The van der Waals surface area contributed by atoms with E-state index in [4.69, 9.17) is 34.8 Å². The molecule has 1 unspecified atom stereocenters. The van der Waals surface area contributed by atoms with Crippen molar-refractivity contribution in [3.8, 4) is 0 Å². The first-order chi connectivity index (χ1) is 6.38. The fraction of sp³-hybridized carbons (Fsp3) is 0.800. The first kappa shape index (κ1) is 11.6. The second kappa shape index (κ2) is 3.96. The van der Waals surface area contributed by atoms with Crippen LogP contribution in [-0.4, -0.2) is 37.9 Å². The lowest BCUT2D eigenvalue weighted by Crippen LogP contribution is -2.50. The average Bonchev–Trinajstić information content (AvgIpc) is 2.45. The number of alkyl halides is 3. The van der Waals surface area contributed by atoms with Crippen LogP contribution in [0.5, 0.6) is 0 Å². The van der Waals surface area contributed by atoms with Gasteiger partial charge in [0.1, 0.15) is 6.34 Å². The topological polar surface area (TPSA) is 62.0 Å². The highest BCUT2D eigenvalue weighted by atomic mass is 35.6. The molecule has 1 rings (SSSR count). The van der Waals surface area contributed by atoms with E-state index in [1.165, 1.54) is 5.01 Å². The van der Waals surface area contributed by atoms with Crippen molar-refractivity contribution in [1.82, 2.24) is 9.91 Å². The lowest BCUT2D eigenvalue weighted by atomic mass is 10.6. The first-order valence-electron chi connectivity index (χ1n) is 3.67. The van der Waals surface area contributed by atoms with Crippen LogP contribution >= 0.6 is 34.8 Å². The Kier molecular flexibility index (Phi) is 3.28. The van der Waals surface area contributed by atoms with Gasteiger partial charge in [-0.1, -0.05) is 34.8 Å². The molecule has 0 aromatic rings. The normalized spacial score (nSPS) is 21.9. The zero-order chi connectivity index (χ0) is 10.9. The molecule has 1 atom stereocenters. The molecule has 1 heterocycles. The van der Waals surface area contributed by atoms with Gasteiger partial charge in [0.2, 0.25) is 0 Å². The van der Waals surface area contributed by atoms with Crippen molar-refractivity contribution < 1.29 is 4.92 Å². The second-order valence-corrected chi connectivity index (χ2v) is 4.71. The molecule has 80 valence electrons. The molecule has 0 fully saturated rings. The van der Waals surface area contributed by atoms with Crippen LogP contribution in [0.2, 0.25) is 0 Å². The van der Waals surface area contributed by atoms with Crippen LogP contribution in [0.15, 0.2) is 5.10 Å². The van der Waals surface area contributed by atoms with E-state index in [1.54, 1.807) is 6.92 Å². The van der Waals surface area contributed by atoms with E-state index >= 15 is 0 Å². The van der Waals surface area contributed by atoms with Gasteiger partial charge in [0, 0.05) is 6.54 Å². The highest BCUT2D eigenvalue weighted by Gasteiger charge is 2.46. The Balaban J connectivity index is 2.89. The number of nitro groups is 1. The van der Waals surface area contributed by atoms with Gasteiger partial charge in [-0.05, 0) is 6.92 Å². The smallest absolute Gasteiger partial charge is 0.261 e. The van der Waals surface area contributed by atoms with Crippen molar-refractivity contribution >= 4 is 41.1 Å². The minimum absolute atomic E-state index is 0.361. The Morgan fingerprint density at radius 2 is 2.21 bits per heavy atom. The molecule has 0 spiro atoms. The predicted octanol–water partition coefficient (Wildman–Crippen LogP) is 1.46. The van der Waals surface area contributed by atoms with Crippen LogP contribution in [0.3, 0.4) is 0 Å². The Bertz CT molecular complexity index is 266. The molecule has 9 heteroatoms. The van der Waals surface area contributed by atoms with Crippen LogP contribution in [0.4, 0.5) is 0 Å². The molecule has 1 aliphatic heterocycles. The number of nitrogens with zero attached hydrogens (tertiary/aromatic N) is 4. The third-order valence-corrected chi connectivity index (χ3v) is 2.23. The fourth-order valence-electron chi connectivity index (χ4n) is 1.04. The molecular formula is C5H7Cl3N4O2. The summed E-state index contributed by atoms with van der Waals surface area (Å²) in [6.07, 6.45) is -0.114. The Morgan fingerprint density at radius 3 is 2.57 bits per heavy atom. The maximum atomic E-state index is 10.7. The molecule has 1 aliphatic rings. The molecule has 0 aromatic carbocycles. The van der Waals surface area contributed by atoms with Gasteiger partial charge in [-0.25, -0.2) is 9.91 Å². The van der Waals surface area contributed by atoms with E-state index in [-0.39, 0.29) is 0 Å². The zero-order valence-electron chi connectivity index (χ0n) is 7.10. The minimum Gasteiger partial charge on any atom is -0.261 e. The summed E-state index contributed by atoms with van der Waals surface area (Å²) >= 11 is 16.6. The summed E-state index contributed by atoms with van der Waals surface area (Å²) < 4.78 is -1.87. The summed E-state index contributed by atoms with van der Waals surface area (Å²) in [5, 5.41) is 15.6. The number of hydrogen-bond acceptors (Lipinski definition) is 5. The van der Waals surface area contributed by atoms with E-state index in [9.17, 15) is 10.1 Å². The van der Waals surface area contributed by atoms with Gasteiger partial charge >= 0.3 is 6.29 Å². The van der Waals surface area contributed by atoms with Crippen LogP contribution in [0.25, 0.3) is 0 Å². The Morgan fingerprint density at radius 1 is 1.64 bits per heavy atom. The van der Waals surface area contributed by atoms with Crippen molar-refractivity contribution in [2.45, 2.75) is 17.1 Å². The summed E-state index contributed by atoms with van der Waals surface area (Å²) in [6.45, 7) is 2.08. The molecule has 14 heavy (non-hydrogen) atoms. The van der Waals surface area contributed by atoms with Gasteiger partial charge in [-0.3, -0.25) is 10.1 Å². The quantitative estimate of drug-likeness (QED) is 0.327. The van der Waals surface area contributed by atoms with Crippen molar-refractivity contribution in [3.63, 3.8) is 0 Å². The van der Waals surface area contributed by atoms with Crippen molar-refractivity contribution in [3.05, 3.63) is 10.1 Å². The molecule has 0 amide bonds. The van der Waals surface area contributed by atoms with Gasteiger partial charge in [-0.2, -0.15) is 5.10 Å². The molecule has 0 bridgehead atoms. The monoisotopic (exact) mass is 260 g/mol. The molecule has 0 N–H and O–H groups in total. The molecule has 0 saturated carbocycles. The SMILES string of the molecule is CCN1N=CN(C(Cl)(Cl)Cl)C1[N+](=O)[O-]. The van der Waals surface area contributed by atoms with E-state index in [0.29, 0.717) is 6.54 Å². The molecule has 0 radical (unpaired) electrons. The van der Waals surface area contributed by atoms with Crippen molar-refractivity contribution in [1.29, 1.82) is 0 Å². The standard InChI is InChI=1S/C5H7Cl3N4O2/c1-2-11-4(12(13)14)10(3-9-11)5(6,7)8/h3-4H,2H2,1H3. The van der Waals surface area contributed by atoms with Gasteiger partial charge in [-0.15, -0.1) is 0 Å². The van der Waals surface area contributed by atoms with Crippen LogP contribution in [0.1, 0.15) is 6.92 Å². The highest BCUT2D eigenvalue weighted by molar-refractivity contribution is 6.67. The predicted molar refractivity (Wildman–Crippen MR) is 53.8 cm³/mol. The lowest BCUT2D eigenvalue weighted by Gasteiger charge is -2.27. The van der Waals surface area contributed by atoms with Gasteiger partial charge < -0.3 is 0 Å². The van der Waals surface area contributed by atoms with Crippen LogP contribution in [0, 0.1) is 10.1 Å². The highest BCUT2D eigenvalue weighted by Crippen LogP contribution is 2.34. The van der Waals surface area contributed by atoms with E-state index in [0.717, 1.165) is 11.2 Å². The summed E-state index contributed by atoms with van der Waals surface area (Å²) in [7, 11) is 0. The van der Waals surface area contributed by atoms with E-state index < -0.39 is 15.1 Å². The van der Waals surface area contributed by atoms with Crippen LogP contribution in [-0.2, 0) is 0 Å². The summed E-state index contributed by atoms with van der Waals surface area (Å²) in [5.74, 6) is 0. The van der Waals surface area contributed by atoms with Crippen molar-refractivity contribution in [2.75, 3.05) is 6.54 Å². The molecule has 0 aliphatic carbocycles.